The summed E-state index contributed by atoms with van der Waals surface area (Å²) in [5.41, 5.74) is 4.44. The van der Waals surface area contributed by atoms with E-state index in [4.69, 9.17) is 0 Å². The van der Waals surface area contributed by atoms with Crippen LogP contribution in [0.5, 0.6) is 0 Å². The predicted octanol–water partition coefficient (Wildman–Crippen LogP) is 2.96. The molecule has 1 aliphatic rings. The number of benzene rings is 1. The number of hydrogen-bond acceptors (Lipinski definition) is 1. The summed E-state index contributed by atoms with van der Waals surface area (Å²) in [7, 11) is 0. The third kappa shape index (κ3) is 1.59. The molecule has 0 saturated carbocycles. The highest BCUT2D eigenvalue weighted by Crippen LogP contribution is 2.28. The van der Waals surface area contributed by atoms with E-state index in [1.54, 1.807) is 0 Å². The van der Waals surface area contributed by atoms with Gasteiger partial charge in [-0.25, -0.2) is 0 Å². The zero-order valence-corrected chi connectivity index (χ0v) is 9.17. The van der Waals surface area contributed by atoms with Gasteiger partial charge in [-0.1, -0.05) is 39.0 Å². The second-order valence-electron chi connectivity index (χ2n) is 4.91. The molecule has 0 amide bonds. The van der Waals surface area contributed by atoms with Crippen LogP contribution in [0.25, 0.3) is 0 Å². The molecule has 0 fully saturated rings. The van der Waals surface area contributed by atoms with E-state index in [1.807, 2.05) is 6.21 Å². The van der Waals surface area contributed by atoms with Crippen molar-refractivity contribution >= 4 is 6.21 Å². The Morgan fingerprint density at radius 3 is 2.71 bits per heavy atom. The fraction of sp³-hybridized carbons (Fsp3) is 0.462. The lowest BCUT2D eigenvalue weighted by Gasteiger charge is -2.24. The SMILES string of the molecule is CC(C)(C)c1cccc2c1C=NCC2. The molecule has 1 nitrogen and oxygen atoms in total. The second kappa shape index (κ2) is 3.23. The molecule has 1 heteroatoms. The maximum Gasteiger partial charge on any atom is 0.0430 e. The van der Waals surface area contributed by atoms with Crippen LogP contribution >= 0.6 is 0 Å². The Labute approximate surface area is 85.9 Å². The van der Waals surface area contributed by atoms with Gasteiger partial charge in [-0.2, -0.15) is 0 Å². The van der Waals surface area contributed by atoms with E-state index >= 15 is 0 Å². The van der Waals surface area contributed by atoms with Crippen molar-refractivity contribution in [1.29, 1.82) is 0 Å². The van der Waals surface area contributed by atoms with Crippen molar-refractivity contribution in [3.8, 4) is 0 Å². The first-order chi connectivity index (χ1) is 6.59. The van der Waals surface area contributed by atoms with Gasteiger partial charge in [0.2, 0.25) is 0 Å². The number of rotatable bonds is 0. The molecule has 0 atom stereocenters. The Hall–Kier alpha value is -1.11. The summed E-state index contributed by atoms with van der Waals surface area (Å²) in [6.45, 7) is 7.71. The molecule has 74 valence electrons. The van der Waals surface area contributed by atoms with Crippen LogP contribution in [-0.2, 0) is 11.8 Å². The summed E-state index contributed by atoms with van der Waals surface area (Å²) in [5.74, 6) is 0. The zero-order valence-electron chi connectivity index (χ0n) is 9.17. The highest BCUT2D eigenvalue weighted by Gasteiger charge is 2.19. The quantitative estimate of drug-likeness (QED) is 0.592. The maximum absolute atomic E-state index is 4.37. The van der Waals surface area contributed by atoms with E-state index in [0.717, 1.165) is 13.0 Å². The Kier molecular flexibility index (Phi) is 2.18. The monoisotopic (exact) mass is 187 g/mol. The summed E-state index contributed by atoms with van der Waals surface area (Å²) in [4.78, 5) is 4.37. The average Bonchev–Trinajstić information content (AvgIpc) is 2.15. The molecule has 1 aliphatic heterocycles. The van der Waals surface area contributed by atoms with E-state index in [-0.39, 0.29) is 5.41 Å². The molecular formula is C13H17N. The van der Waals surface area contributed by atoms with Crippen molar-refractivity contribution in [2.45, 2.75) is 32.6 Å². The van der Waals surface area contributed by atoms with E-state index in [9.17, 15) is 0 Å². The van der Waals surface area contributed by atoms with Crippen molar-refractivity contribution in [1.82, 2.24) is 0 Å². The van der Waals surface area contributed by atoms with Crippen LogP contribution in [0.2, 0.25) is 0 Å². The van der Waals surface area contributed by atoms with E-state index in [0.29, 0.717) is 0 Å². The molecule has 0 aliphatic carbocycles. The first-order valence-corrected chi connectivity index (χ1v) is 5.21. The molecule has 14 heavy (non-hydrogen) atoms. The Morgan fingerprint density at radius 1 is 1.21 bits per heavy atom. The molecular weight excluding hydrogens is 170 g/mol. The summed E-state index contributed by atoms with van der Waals surface area (Å²) in [6, 6.07) is 6.60. The third-order valence-electron chi connectivity index (χ3n) is 2.74. The average molecular weight is 187 g/mol. The highest BCUT2D eigenvalue weighted by atomic mass is 14.7. The van der Waals surface area contributed by atoms with Crippen molar-refractivity contribution in [3.05, 3.63) is 34.9 Å². The largest absolute Gasteiger partial charge is 0.292 e. The molecule has 1 heterocycles. The molecule has 1 aromatic rings. The molecule has 2 rings (SSSR count). The topological polar surface area (TPSA) is 12.4 Å². The minimum Gasteiger partial charge on any atom is -0.292 e. The van der Waals surface area contributed by atoms with Gasteiger partial charge < -0.3 is 0 Å². The van der Waals surface area contributed by atoms with Crippen molar-refractivity contribution in [2.24, 2.45) is 4.99 Å². The highest BCUT2D eigenvalue weighted by molar-refractivity contribution is 5.85. The van der Waals surface area contributed by atoms with Gasteiger partial charge in [0.25, 0.3) is 0 Å². The predicted molar refractivity (Wildman–Crippen MR) is 61.3 cm³/mol. The lowest BCUT2D eigenvalue weighted by Crippen LogP contribution is -2.17. The molecule has 0 unspecified atom stereocenters. The van der Waals surface area contributed by atoms with Crippen LogP contribution in [0.4, 0.5) is 0 Å². The number of hydrogen-bond donors (Lipinski definition) is 0. The molecule has 0 aromatic heterocycles. The Balaban J connectivity index is 2.58. The normalized spacial score (nSPS) is 15.4. The first-order valence-electron chi connectivity index (χ1n) is 5.21. The minimum absolute atomic E-state index is 0.217. The lowest BCUT2D eigenvalue weighted by atomic mass is 9.81. The molecule has 0 radical (unpaired) electrons. The van der Waals surface area contributed by atoms with Crippen LogP contribution in [0, 0.1) is 0 Å². The first kappa shape index (κ1) is 9.45. The second-order valence-corrected chi connectivity index (χ2v) is 4.91. The molecule has 0 bridgehead atoms. The smallest absolute Gasteiger partial charge is 0.0430 e. The molecule has 1 aromatic carbocycles. The standard InChI is InChI=1S/C13H17N/c1-13(2,3)12-6-4-5-10-7-8-14-9-11(10)12/h4-6,9H,7-8H2,1-3H3. The third-order valence-corrected chi connectivity index (χ3v) is 2.74. The van der Waals surface area contributed by atoms with Crippen molar-refractivity contribution < 1.29 is 0 Å². The van der Waals surface area contributed by atoms with Gasteiger partial charge in [0, 0.05) is 12.8 Å². The van der Waals surface area contributed by atoms with Gasteiger partial charge in [-0.3, -0.25) is 4.99 Å². The van der Waals surface area contributed by atoms with E-state index < -0.39 is 0 Å². The zero-order chi connectivity index (χ0) is 10.2. The van der Waals surface area contributed by atoms with Crippen LogP contribution in [0.1, 0.15) is 37.5 Å². The maximum atomic E-state index is 4.37. The summed E-state index contributed by atoms with van der Waals surface area (Å²) < 4.78 is 0. The van der Waals surface area contributed by atoms with Gasteiger partial charge in [0.1, 0.15) is 0 Å². The van der Waals surface area contributed by atoms with Gasteiger partial charge in [-0.05, 0) is 28.5 Å². The van der Waals surface area contributed by atoms with Crippen molar-refractivity contribution in [3.63, 3.8) is 0 Å². The van der Waals surface area contributed by atoms with Gasteiger partial charge in [0.05, 0.1) is 0 Å². The Bertz CT molecular complexity index is 369. The fourth-order valence-corrected chi connectivity index (χ4v) is 1.98. The Morgan fingerprint density at radius 2 is 2.00 bits per heavy atom. The van der Waals surface area contributed by atoms with Gasteiger partial charge in [-0.15, -0.1) is 0 Å². The number of fused-ring (bicyclic) bond motifs is 1. The summed E-state index contributed by atoms with van der Waals surface area (Å²) in [5, 5.41) is 0. The van der Waals surface area contributed by atoms with Crippen LogP contribution < -0.4 is 0 Å². The fourth-order valence-electron chi connectivity index (χ4n) is 1.98. The molecule has 0 N–H and O–H groups in total. The number of aliphatic imine (C=N–C) groups is 1. The van der Waals surface area contributed by atoms with Crippen molar-refractivity contribution in [2.75, 3.05) is 6.54 Å². The van der Waals surface area contributed by atoms with Crippen LogP contribution in [-0.4, -0.2) is 12.8 Å². The summed E-state index contributed by atoms with van der Waals surface area (Å²) >= 11 is 0. The molecule has 0 saturated heterocycles. The summed E-state index contributed by atoms with van der Waals surface area (Å²) in [6.07, 6.45) is 3.13. The van der Waals surface area contributed by atoms with Gasteiger partial charge >= 0.3 is 0 Å². The minimum atomic E-state index is 0.217. The van der Waals surface area contributed by atoms with Crippen LogP contribution in [0.3, 0.4) is 0 Å². The van der Waals surface area contributed by atoms with Gasteiger partial charge in [0.15, 0.2) is 0 Å². The number of nitrogens with zero attached hydrogens (tertiary/aromatic N) is 1. The van der Waals surface area contributed by atoms with E-state index in [1.165, 1.54) is 16.7 Å². The molecule has 0 spiro atoms. The van der Waals surface area contributed by atoms with E-state index in [2.05, 4.69) is 44.0 Å². The lowest BCUT2D eigenvalue weighted by molar-refractivity contribution is 0.588. The van der Waals surface area contributed by atoms with Crippen LogP contribution in [0.15, 0.2) is 23.2 Å².